The number of halogens is 1. The Balaban J connectivity index is 0.000000212. The topological polar surface area (TPSA) is 149 Å². The summed E-state index contributed by atoms with van der Waals surface area (Å²) in [5.74, 6) is -1.67. The molecule has 202 valence electrons. The summed E-state index contributed by atoms with van der Waals surface area (Å²) < 4.78 is 19.1. The molecule has 0 radical (unpaired) electrons. The van der Waals surface area contributed by atoms with Gasteiger partial charge in [0.2, 0.25) is 0 Å². The van der Waals surface area contributed by atoms with Gasteiger partial charge in [-0.2, -0.15) is 5.10 Å². The number of aromatic nitrogens is 3. The lowest BCUT2D eigenvalue weighted by Crippen LogP contribution is -2.26. The Morgan fingerprint density at radius 1 is 1.21 bits per heavy atom. The van der Waals surface area contributed by atoms with Gasteiger partial charge in [-0.05, 0) is 66.3 Å². The minimum absolute atomic E-state index is 0.0236. The number of Topliss-reactive ketones (excluding diaryl/α,β-unsaturated/α-hetero) is 1. The predicted octanol–water partition coefficient (Wildman–Crippen LogP) is 3.43. The van der Waals surface area contributed by atoms with Crippen molar-refractivity contribution < 1.29 is 28.6 Å². The van der Waals surface area contributed by atoms with Crippen molar-refractivity contribution in [3.05, 3.63) is 93.7 Å². The third kappa shape index (κ3) is 5.93. The van der Waals surface area contributed by atoms with Gasteiger partial charge in [-0.15, -0.1) is 0 Å². The maximum Gasteiger partial charge on any atom is 0.337 e. The van der Waals surface area contributed by atoms with Crippen molar-refractivity contribution in [1.82, 2.24) is 19.9 Å². The van der Waals surface area contributed by atoms with E-state index in [9.17, 15) is 23.9 Å². The standard InChI is InChI=1S/C17H15FN4O3.C11H13NO2/c1-9-5-11(3-4-12(9)18)7-19-17(25)14-6-13(10(2)23)21-16-15(24)8-20-22(14)16;1-14-11(13)8-2-4-9-7(6-8)3-5-10(9)12/h3-6,8,24H,7H2,1-2H3,(H,19,25);2,4,6,10H,3,5,12H2,1H3/t;10-/m.0/s1. The highest BCUT2D eigenvalue weighted by molar-refractivity contribution is 5.98. The van der Waals surface area contributed by atoms with Crippen molar-refractivity contribution in [2.75, 3.05) is 7.11 Å². The molecule has 0 fully saturated rings. The second kappa shape index (κ2) is 11.4. The molecule has 1 aliphatic rings. The molecule has 5 rings (SSSR count). The number of aryl methyl sites for hydroxylation is 2. The summed E-state index contributed by atoms with van der Waals surface area (Å²) in [6, 6.07) is 11.6. The molecule has 0 spiro atoms. The van der Waals surface area contributed by atoms with Crippen LogP contribution in [0.15, 0.2) is 48.7 Å². The van der Waals surface area contributed by atoms with Gasteiger partial charge in [0.05, 0.1) is 18.9 Å². The Bertz CT molecular complexity index is 1580. The van der Waals surface area contributed by atoms with Gasteiger partial charge in [0, 0.05) is 19.5 Å². The maximum atomic E-state index is 13.3. The first-order valence-electron chi connectivity index (χ1n) is 12.2. The van der Waals surface area contributed by atoms with Gasteiger partial charge in [-0.3, -0.25) is 9.59 Å². The lowest BCUT2D eigenvalue weighted by Gasteiger charge is -2.09. The first-order valence-corrected chi connectivity index (χ1v) is 12.2. The molecule has 2 aromatic heterocycles. The zero-order chi connectivity index (χ0) is 28.3. The fourth-order valence-electron chi connectivity index (χ4n) is 4.28. The number of aromatic hydroxyl groups is 1. The van der Waals surface area contributed by atoms with Crippen LogP contribution in [-0.2, 0) is 17.7 Å². The molecule has 2 heterocycles. The fraction of sp³-hybridized carbons (Fsp3) is 0.250. The number of fused-ring (bicyclic) bond motifs is 2. The van der Waals surface area contributed by atoms with E-state index in [4.69, 9.17) is 5.73 Å². The quantitative estimate of drug-likeness (QED) is 0.261. The number of nitrogens with one attached hydrogen (secondary N) is 1. The van der Waals surface area contributed by atoms with Crippen LogP contribution in [0.5, 0.6) is 5.75 Å². The molecule has 0 bridgehead atoms. The Hall–Kier alpha value is -4.64. The summed E-state index contributed by atoms with van der Waals surface area (Å²) in [6.07, 6.45) is 3.08. The summed E-state index contributed by atoms with van der Waals surface area (Å²) in [4.78, 5) is 39.3. The number of methoxy groups -OCH3 is 1. The average molecular weight is 534 g/mol. The predicted molar refractivity (Wildman–Crippen MR) is 140 cm³/mol. The van der Waals surface area contributed by atoms with Gasteiger partial charge in [-0.25, -0.2) is 18.7 Å². The molecule has 1 atom stereocenters. The Labute approximate surface area is 223 Å². The maximum absolute atomic E-state index is 13.3. The molecular formula is C28H28FN5O5. The molecule has 39 heavy (non-hydrogen) atoms. The van der Waals surface area contributed by atoms with E-state index in [1.165, 1.54) is 31.7 Å². The fourth-order valence-corrected chi connectivity index (χ4v) is 4.28. The van der Waals surface area contributed by atoms with E-state index < -0.39 is 5.91 Å². The van der Waals surface area contributed by atoms with Crippen LogP contribution >= 0.6 is 0 Å². The molecule has 1 amide bonds. The number of carbonyl (C=O) groups is 3. The van der Waals surface area contributed by atoms with Gasteiger partial charge in [0.25, 0.3) is 5.91 Å². The van der Waals surface area contributed by atoms with Crippen LogP contribution in [0.2, 0.25) is 0 Å². The molecule has 2 aromatic carbocycles. The Kier molecular flexibility index (Phi) is 8.01. The van der Waals surface area contributed by atoms with E-state index in [0.717, 1.165) is 34.7 Å². The van der Waals surface area contributed by atoms with E-state index in [2.05, 4.69) is 20.1 Å². The lowest BCUT2D eigenvalue weighted by atomic mass is 10.1. The highest BCUT2D eigenvalue weighted by Gasteiger charge is 2.20. The molecule has 1 aliphatic carbocycles. The van der Waals surface area contributed by atoms with Gasteiger partial charge in [0.15, 0.2) is 17.2 Å². The number of ketones is 1. The van der Waals surface area contributed by atoms with E-state index in [0.29, 0.717) is 11.1 Å². The molecule has 0 aliphatic heterocycles. The minimum atomic E-state index is -0.500. The van der Waals surface area contributed by atoms with E-state index >= 15 is 0 Å². The van der Waals surface area contributed by atoms with Crippen molar-refractivity contribution >= 4 is 23.3 Å². The summed E-state index contributed by atoms with van der Waals surface area (Å²) in [7, 11) is 1.39. The van der Waals surface area contributed by atoms with Crippen LogP contribution in [0.3, 0.4) is 0 Å². The monoisotopic (exact) mass is 533 g/mol. The van der Waals surface area contributed by atoms with Gasteiger partial charge >= 0.3 is 5.97 Å². The van der Waals surface area contributed by atoms with Crippen molar-refractivity contribution in [2.24, 2.45) is 5.73 Å². The van der Waals surface area contributed by atoms with Crippen LogP contribution in [0.4, 0.5) is 4.39 Å². The molecule has 11 heteroatoms. The van der Waals surface area contributed by atoms with Crippen molar-refractivity contribution in [2.45, 2.75) is 39.3 Å². The lowest BCUT2D eigenvalue weighted by molar-refractivity contribution is 0.0600. The zero-order valence-corrected chi connectivity index (χ0v) is 21.7. The molecule has 0 saturated carbocycles. The summed E-state index contributed by atoms with van der Waals surface area (Å²) in [5.41, 5.74) is 10.2. The number of amides is 1. The number of rotatable bonds is 5. The van der Waals surface area contributed by atoms with Gasteiger partial charge in [0.1, 0.15) is 17.2 Å². The normalized spacial score (nSPS) is 13.8. The summed E-state index contributed by atoms with van der Waals surface area (Å²) in [6.45, 7) is 3.13. The highest BCUT2D eigenvalue weighted by atomic mass is 19.1. The van der Waals surface area contributed by atoms with Crippen LogP contribution < -0.4 is 11.1 Å². The Morgan fingerprint density at radius 2 is 1.97 bits per heavy atom. The van der Waals surface area contributed by atoms with E-state index in [-0.39, 0.29) is 52.9 Å². The second-order valence-electron chi connectivity index (χ2n) is 9.16. The second-order valence-corrected chi connectivity index (χ2v) is 9.16. The third-order valence-corrected chi connectivity index (χ3v) is 6.41. The first kappa shape index (κ1) is 27.4. The highest BCUT2D eigenvalue weighted by Crippen LogP contribution is 2.29. The molecular weight excluding hydrogens is 505 g/mol. The average Bonchev–Trinajstić information content (AvgIpc) is 3.50. The number of esters is 1. The number of carbonyl (C=O) groups excluding carboxylic acids is 3. The van der Waals surface area contributed by atoms with E-state index in [1.807, 2.05) is 12.1 Å². The van der Waals surface area contributed by atoms with Crippen LogP contribution in [0.25, 0.3) is 5.65 Å². The number of benzene rings is 2. The van der Waals surface area contributed by atoms with Crippen molar-refractivity contribution in [3.8, 4) is 5.75 Å². The summed E-state index contributed by atoms with van der Waals surface area (Å²) >= 11 is 0. The number of hydrogen-bond acceptors (Lipinski definition) is 8. The van der Waals surface area contributed by atoms with Crippen LogP contribution in [0, 0.1) is 12.7 Å². The van der Waals surface area contributed by atoms with Crippen LogP contribution in [-0.4, -0.2) is 44.5 Å². The van der Waals surface area contributed by atoms with Gasteiger partial charge < -0.3 is 20.9 Å². The first-order chi connectivity index (χ1) is 18.6. The Morgan fingerprint density at radius 3 is 2.67 bits per heavy atom. The number of hydrogen-bond donors (Lipinski definition) is 3. The smallest absolute Gasteiger partial charge is 0.337 e. The van der Waals surface area contributed by atoms with Crippen molar-refractivity contribution in [1.29, 1.82) is 0 Å². The number of ether oxygens (including phenoxy) is 1. The largest absolute Gasteiger partial charge is 0.503 e. The number of nitrogens with zero attached hydrogens (tertiary/aromatic N) is 3. The van der Waals surface area contributed by atoms with E-state index in [1.54, 1.807) is 25.1 Å². The minimum Gasteiger partial charge on any atom is -0.503 e. The van der Waals surface area contributed by atoms with Crippen LogP contribution in [0.1, 0.15) is 73.0 Å². The SMILES string of the molecule is CC(=O)c1cc(C(=O)NCc2ccc(F)c(C)c2)n2ncc(O)c2n1.COC(=O)c1ccc2c(c1)CC[C@@H]2N. The van der Waals surface area contributed by atoms with Crippen molar-refractivity contribution in [3.63, 3.8) is 0 Å². The molecule has 4 aromatic rings. The molecule has 0 saturated heterocycles. The number of nitrogens with two attached hydrogens (primary N) is 1. The third-order valence-electron chi connectivity index (χ3n) is 6.41. The molecule has 4 N–H and O–H groups in total. The molecule has 0 unspecified atom stereocenters. The summed E-state index contributed by atoms with van der Waals surface area (Å²) in [5, 5.41) is 16.4. The van der Waals surface area contributed by atoms with Gasteiger partial charge in [-0.1, -0.05) is 18.2 Å². The zero-order valence-electron chi connectivity index (χ0n) is 21.7. The molecule has 10 nitrogen and oxygen atoms in total.